The number of rotatable bonds is 5. The molecule has 25 heavy (non-hydrogen) atoms. The molecule has 0 bridgehead atoms. The smallest absolute Gasteiger partial charge is 0.193 e. The summed E-state index contributed by atoms with van der Waals surface area (Å²) in [6, 6.07) is 14.8. The minimum Gasteiger partial charge on any atom is -0.352 e. The van der Waals surface area contributed by atoms with Crippen molar-refractivity contribution < 1.29 is 4.39 Å². The zero-order chi connectivity index (χ0) is 18.2. The molecular formula is C19H21FN4S. The molecule has 4 nitrogen and oxygen atoms in total. The molecule has 6 heteroatoms. The Morgan fingerprint density at radius 2 is 2.00 bits per heavy atom. The molecule has 1 N–H and O–H groups in total. The van der Waals surface area contributed by atoms with Crippen LogP contribution in [0.3, 0.4) is 0 Å². The first-order chi connectivity index (χ1) is 12.1. The highest BCUT2D eigenvalue weighted by Gasteiger charge is 2.09. The van der Waals surface area contributed by atoms with Crippen molar-refractivity contribution in [3.63, 3.8) is 0 Å². The van der Waals surface area contributed by atoms with E-state index in [0.29, 0.717) is 30.2 Å². The zero-order valence-corrected chi connectivity index (χ0v) is 15.4. The van der Waals surface area contributed by atoms with Crippen LogP contribution in [-0.2, 0) is 13.1 Å². The average molecular weight is 356 g/mol. The molecule has 0 heterocycles. The molecular weight excluding hydrogens is 335 g/mol. The van der Waals surface area contributed by atoms with Crippen molar-refractivity contribution in [2.75, 3.05) is 20.4 Å². The van der Waals surface area contributed by atoms with E-state index in [1.54, 1.807) is 30.9 Å². The maximum absolute atomic E-state index is 14.0. The third kappa shape index (κ3) is 5.23. The van der Waals surface area contributed by atoms with Gasteiger partial charge in [0.1, 0.15) is 5.82 Å². The Bertz CT molecular complexity index is 781. The van der Waals surface area contributed by atoms with E-state index in [9.17, 15) is 4.39 Å². The van der Waals surface area contributed by atoms with Gasteiger partial charge in [-0.3, -0.25) is 4.99 Å². The molecule has 130 valence electrons. The lowest BCUT2D eigenvalue weighted by molar-refractivity contribution is 0.475. The van der Waals surface area contributed by atoms with Gasteiger partial charge in [-0.15, -0.1) is 11.8 Å². The molecule has 0 unspecified atom stereocenters. The van der Waals surface area contributed by atoms with E-state index in [1.807, 2.05) is 18.0 Å². The van der Waals surface area contributed by atoms with Crippen molar-refractivity contribution in [1.82, 2.24) is 10.2 Å². The molecule has 0 fully saturated rings. The molecule has 2 aromatic rings. The summed E-state index contributed by atoms with van der Waals surface area (Å²) in [4.78, 5) is 7.46. The van der Waals surface area contributed by atoms with Crippen LogP contribution in [-0.4, -0.2) is 31.2 Å². The van der Waals surface area contributed by atoms with Gasteiger partial charge in [0.2, 0.25) is 0 Å². The summed E-state index contributed by atoms with van der Waals surface area (Å²) in [6.07, 6.45) is 2.05. The topological polar surface area (TPSA) is 51.4 Å². The summed E-state index contributed by atoms with van der Waals surface area (Å²) >= 11 is 1.71. The number of thioether (sulfide) groups is 1. The summed E-state index contributed by atoms with van der Waals surface area (Å²) in [7, 11) is 3.64. The van der Waals surface area contributed by atoms with Crippen LogP contribution < -0.4 is 5.32 Å². The number of nitriles is 1. The number of aliphatic imine (C=N–C) groups is 1. The second kappa shape index (κ2) is 9.09. The number of guanidine groups is 1. The van der Waals surface area contributed by atoms with Crippen LogP contribution in [0.5, 0.6) is 0 Å². The number of benzene rings is 2. The zero-order valence-electron chi connectivity index (χ0n) is 14.6. The van der Waals surface area contributed by atoms with Crippen molar-refractivity contribution in [2.24, 2.45) is 4.99 Å². The van der Waals surface area contributed by atoms with Crippen LogP contribution >= 0.6 is 11.8 Å². The van der Waals surface area contributed by atoms with E-state index in [4.69, 9.17) is 5.26 Å². The summed E-state index contributed by atoms with van der Waals surface area (Å²) < 4.78 is 14.0. The maximum atomic E-state index is 14.0. The normalized spacial score (nSPS) is 11.1. The second-order valence-corrected chi connectivity index (χ2v) is 6.40. The fraction of sp³-hybridized carbons (Fsp3) is 0.263. The number of halogens is 1. The predicted octanol–water partition coefficient (Wildman–Crippen LogP) is 3.63. The third-order valence-electron chi connectivity index (χ3n) is 3.77. The highest BCUT2D eigenvalue weighted by Crippen LogP contribution is 2.15. The predicted molar refractivity (Wildman–Crippen MR) is 101 cm³/mol. The Kier molecular flexibility index (Phi) is 6.84. The van der Waals surface area contributed by atoms with Gasteiger partial charge in [-0.25, -0.2) is 4.39 Å². The van der Waals surface area contributed by atoms with Gasteiger partial charge in [0.05, 0.1) is 11.6 Å². The molecule has 0 amide bonds. The Balaban J connectivity index is 1.98. The van der Waals surface area contributed by atoms with E-state index >= 15 is 0 Å². The van der Waals surface area contributed by atoms with Crippen LogP contribution in [0.2, 0.25) is 0 Å². The minimum absolute atomic E-state index is 0.306. The minimum atomic E-state index is -0.391. The molecule has 0 aliphatic rings. The van der Waals surface area contributed by atoms with Gasteiger partial charge < -0.3 is 10.2 Å². The first-order valence-corrected chi connectivity index (χ1v) is 9.03. The molecule has 2 aromatic carbocycles. The molecule has 0 aliphatic carbocycles. The van der Waals surface area contributed by atoms with E-state index in [0.717, 1.165) is 0 Å². The Labute approximate surface area is 152 Å². The van der Waals surface area contributed by atoms with Crippen molar-refractivity contribution in [3.05, 3.63) is 65.0 Å². The fourth-order valence-corrected chi connectivity index (χ4v) is 2.81. The summed E-state index contributed by atoms with van der Waals surface area (Å²) in [5, 5.41) is 12.0. The average Bonchev–Trinajstić information content (AvgIpc) is 2.63. The number of hydrogen-bond acceptors (Lipinski definition) is 3. The van der Waals surface area contributed by atoms with Crippen LogP contribution in [0.15, 0.2) is 52.4 Å². The van der Waals surface area contributed by atoms with Gasteiger partial charge in [-0.05, 0) is 36.1 Å². The molecule has 0 radical (unpaired) electrons. The van der Waals surface area contributed by atoms with Crippen molar-refractivity contribution >= 4 is 17.7 Å². The lowest BCUT2D eigenvalue weighted by Gasteiger charge is -2.22. The Morgan fingerprint density at radius 1 is 1.28 bits per heavy atom. The number of hydrogen-bond donors (Lipinski definition) is 1. The fourth-order valence-electron chi connectivity index (χ4n) is 2.40. The molecule has 0 aromatic heterocycles. The third-order valence-corrected chi connectivity index (χ3v) is 4.51. The van der Waals surface area contributed by atoms with Gasteiger partial charge in [0.15, 0.2) is 5.96 Å². The first-order valence-electron chi connectivity index (χ1n) is 7.80. The molecule has 0 aliphatic heterocycles. The summed E-state index contributed by atoms with van der Waals surface area (Å²) in [6.45, 7) is 1.00. The van der Waals surface area contributed by atoms with E-state index in [2.05, 4.69) is 40.8 Å². The highest BCUT2D eigenvalue weighted by molar-refractivity contribution is 7.98. The van der Waals surface area contributed by atoms with Gasteiger partial charge >= 0.3 is 0 Å². The SMILES string of the molecule is CN=C(NCc1ccc(C#N)cc1F)N(C)Cc1ccc(SC)cc1. The number of nitrogens with zero attached hydrogens (tertiary/aromatic N) is 3. The van der Waals surface area contributed by atoms with Gasteiger partial charge in [0, 0.05) is 37.6 Å². The van der Waals surface area contributed by atoms with Gasteiger partial charge in [0.25, 0.3) is 0 Å². The maximum Gasteiger partial charge on any atom is 0.193 e. The van der Waals surface area contributed by atoms with Crippen molar-refractivity contribution in [2.45, 2.75) is 18.0 Å². The first kappa shape index (κ1) is 18.8. The van der Waals surface area contributed by atoms with Crippen LogP contribution in [0.1, 0.15) is 16.7 Å². The molecule has 0 spiro atoms. The molecule has 0 saturated heterocycles. The summed E-state index contributed by atoms with van der Waals surface area (Å²) in [5.74, 6) is 0.287. The highest BCUT2D eigenvalue weighted by atomic mass is 32.2. The lowest BCUT2D eigenvalue weighted by atomic mass is 10.1. The van der Waals surface area contributed by atoms with E-state index < -0.39 is 5.82 Å². The molecule has 0 atom stereocenters. The second-order valence-electron chi connectivity index (χ2n) is 5.52. The Morgan fingerprint density at radius 3 is 2.56 bits per heavy atom. The van der Waals surface area contributed by atoms with Crippen LogP contribution in [0, 0.1) is 17.1 Å². The van der Waals surface area contributed by atoms with Crippen molar-refractivity contribution in [3.8, 4) is 6.07 Å². The lowest BCUT2D eigenvalue weighted by Crippen LogP contribution is -2.38. The quantitative estimate of drug-likeness (QED) is 0.505. The molecule has 0 saturated carbocycles. The Hall–Kier alpha value is -2.52. The summed E-state index contributed by atoms with van der Waals surface area (Å²) in [5.41, 5.74) is 1.99. The van der Waals surface area contributed by atoms with Gasteiger partial charge in [-0.2, -0.15) is 5.26 Å². The number of nitrogens with one attached hydrogen (secondary N) is 1. The van der Waals surface area contributed by atoms with Gasteiger partial charge in [-0.1, -0.05) is 18.2 Å². The largest absolute Gasteiger partial charge is 0.352 e. The van der Waals surface area contributed by atoms with Crippen LogP contribution in [0.4, 0.5) is 4.39 Å². The van der Waals surface area contributed by atoms with E-state index in [1.165, 1.54) is 16.5 Å². The molecule has 2 rings (SSSR count). The monoisotopic (exact) mass is 356 g/mol. The van der Waals surface area contributed by atoms with E-state index in [-0.39, 0.29) is 0 Å². The van der Waals surface area contributed by atoms with Crippen LogP contribution in [0.25, 0.3) is 0 Å². The van der Waals surface area contributed by atoms with Crippen molar-refractivity contribution in [1.29, 1.82) is 5.26 Å². The standard InChI is InChI=1S/C19H21FN4S/c1-22-19(23-12-16-7-4-15(11-21)10-18(16)20)24(2)13-14-5-8-17(25-3)9-6-14/h4-10H,12-13H2,1-3H3,(H,22,23).